The van der Waals surface area contributed by atoms with Crippen LogP contribution in [0.5, 0.6) is 5.75 Å². The number of carbonyl (C=O) groups is 2. The molecule has 0 N–H and O–H groups in total. The summed E-state index contributed by atoms with van der Waals surface area (Å²) in [4.78, 5) is 32.9. The van der Waals surface area contributed by atoms with Gasteiger partial charge in [-0.15, -0.1) is 11.3 Å². The average Bonchev–Trinajstić information content (AvgIpc) is 2.93. The fourth-order valence-corrected chi connectivity index (χ4v) is 3.94. The predicted octanol–water partition coefficient (Wildman–Crippen LogP) is 4.01. The number of hydrogen-bond acceptors (Lipinski definition) is 5. The summed E-state index contributed by atoms with van der Waals surface area (Å²) in [5, 5.41) is 0. The Labute approximate surface area is 159 Å². The zero-order valence-electron chi connectivity index (χ0n) is 16.3. The Bertz CT molecular complexity index is 827. The van der Waals surface area contributed by atoms with Gasteiger partial charge in [0.05, 0.1) is 19.3 Å². The highest BCUT2D eigenvalue weighted by Gasteiger charge is 2.18. The molecule has 0 atom stereocenters. The number of hydrogen-bond donors (Lipinski definition) is 0. The fraction of sp³-hybridized carbons (Fsp3) is 0.450. The third-order valence-corrected chi connectivity index (χ3v) is 5.44. The summed E-state index contributed by atoms with van der Waals surface area (Å²) in [5.41, 5.74) is 3.45. The molecule has 2 heterocycles. The smallest absolute Gasteiger partial charge is 0.223 e. The molecule has 6 heteroatoms. The molecule has 0 aliphatic heterocycles. The number of nitrogens with zero attached hydrogens (tertiary/aromatic N) is 2. The van der Waals surface area contributed by atoms with E-state index in [0.717, 1.165) is 37.9 Å². The molecule has 0 bridgehead atoms. The minimum Gasteiger partial charge on any atom is -0.496 e. The van der Waals surface area contributed by atoms with Crippen LogP contribution in [0.3, 0.4) is 0 Å². The van der Waals surface area contributed by atoms with Crippen molar-refractivity contribution in [3.8, 4) is 5.75 Å². The van der Waals surface area contributed by atoms with Crippen molar-refractivity contribution in [1.82, 2.24) is 9.88 Å². The van der Waals surface area contributed by atoms with Gasteiger partial charge in [0.15, 0.2) is 5.78 Å². The van der Waals surface area contributed by atoms with Crippen molar-refractivity contribution < 1.29 is 14.3 Å². The fourth-order valence-electron chi connectivity index (χ4n) is 3.00. The summed E-state index contributed by atoms with van der Waals surface area (Å²) in [5.74, 6) is 0.762. The molecule has 0 saturated carbocycles. The van der Waals surface area contributed by atoms with Gasteiger partial charge in [-0.2, -0.15) is 0 Å². The van der Waals surface area contributed by atoms with Gasteiger partial charge in [-0.1, -0.05) is 0 Å². The largest absolute Gasteiger partial charge is 0.496 e. The summed E-state index contributed by atoms with van der Waals surface area (Å²) >= 11 is 1.61. The number of ketones is 1. The standard InChI is InChI=1S/C20H26N2O3S/c1-12-10-21-17(14(3)20(12)25-6)11-22(5)19(24)8-7-18(23)16-9-13(2)26-15(16)4/h9-10H,7-8,11H2,1-6H3. The van der Waals surface area contributed by atoms with E-state index in [9.17, 15) is 9.59 Å². The second kappa shape index (κ2) is 8.45. The lowest BCUT2D eigenvalue weighted by molar-refractivity contribution is -0.130. The average molecular weight is 375 g/mol. The van der Waals surface area contributed by atoms with Crippen LogP contribution in [0.4, 0.5) is 0 Å². The Morgan fingerprint density at radius 2 is 1.88 bits per heavy atom. The van der Waals surface area contributed by atoms with E-state index in [0.29, 0.717) is 6.54 Å². The number of thiophene rings is 1. The molecular formula is C20H26N2O3S. The van der Waals surface area contributed by atoms with E-state index in [2.05, 4.69) is 4.98 Å². The van der Waals surface area contributed by atoms with Crippen LogP contribution in [-0.4, -0.2) is 35.7 Å². The molecule has 0 aliphatic rings. The SMILES string of the molecule is COc1c(C)cnc(CN(C)C(=O)CCC(=O)c2cc(C)sc2C)c1C. The van der Waals surface area contributed by atoms with Crippen molar-refractivity contribution in [3.63, 3.8) is 0 Å². The maximum atomic E-state index is 12.4. The highest BCUT2D eigenvalue weighted by Crippen LogP contribution is 2.25. The Hall–Kier alpha value is -2.21. The molecule has 0 unspecified atom stereocenters. The van der Waals surface area contributed by atoms with Crippen molar-refractivity contribution in [1.29, 1.82) is 0 Å². The highest BCUT2D eigenvalue weighted by molar-refractivity contribution is 7.12. The number of methoxy groups -OCH3 is 1. The number of carbonyl (C=O) groups excluding carboxylic acids is 2. The first-order valence-corrected chi connectivity index (χ1v) is 9.39. The lowest BCUT2D eigenvalue weighted by Gasteiger charge is -2.19. The van der Waals surface area contributed by atoms with Crippen LogP contribution in [0, 0.1) is 27.7 Å². The molecule has 2 rings (SSSR count). The van der Waals surface area contributed by atoms with Gasteiger partial charge in [0.2, 0.25) is 5.91 Å². The second-order valence-electron chi connectivity index (χ2n) is 6.55. The van der Waals surface area contributed by atoms with E-state index >= 15 is 0 Å². The summed E-state index contributed by atoms with van der Waals surface area (Å²) in [6, 6.07) is 1.91. The summed E-state index contributed by atoms with van der Waals surface area (Å²) in [6.07, 6.45) is 2.18. The van der Waals surface area contributed by atoms with Gasteiger partial charge in [0, 0.05) is 52.5 Å². The maximum absolute atomic E-state index is 12.4. The van der Waals surface area contributed by atoms with E-state index < -0.39 is 0 Å². The molecule has 0 saturated heterocycles. The van der Waals surface area contributed by atoms with E-state index in [-0.39, 0.29) is 24.5 Å². The lowest BCUT2D eigenvalue weighted by atomic mass is 10.1. The first-order valence-electron chi connectivity index (χ1n) is 8.57. The first kappa shape index (κ1) is 20.1. The van der Waals surface area contributed by atoms with Crippen molar-refractivity contribution in [2.24, 2.45) is 0 Å². The van der Waals surface area contributed by atoms with Crippen molar-refractivity contribution in [2.45, 2.75) is 47.1 Å². The molecule has 2 aromatic rings. The number of pyridine rings is 1. The van der Waals surface area contributed by atoms with Gasteiger partial charge < -0.3 is 9.64 Å². The van der Waals surface area contributed by atoms with Gasteiger partial charge in [-0.05, 0) is 33.8 Å². The molecule has 2 aromatic heterocycles. The highest BCUT2D eigenvalue weighted by atomic mass is 32.1. The first-order chi connectivity index (χ1) is 12.2. The Morgan fingerprint density at radius 3 is 2.46 bits per heavy atom. The van der Waals surface area contributed by atoms with Crippen molar-refractivity contribution >= 4 is 23.0 Å². The predicted molar refractivity (Wildman–Crippen MR) is 104 cm³/mol. The molecule has 0 fully saturated rings. The quantitative estimate of drug-likeness (QED) is 0.687. The van der Waals surface area contributed by atoms with Gasteiger partial charge in [0.25, 0.3) is 0 Å². The van der Waals surface area contributed by atoms with Crippen LogP contribution in [0.2, 0.25) is 0 Å². The number of amides is 1. The Morgan fingerprint density at radius 1 is 1.19 bits per heavy atom. The van der Waals surface area contributed by atoms with Crippen LogP contribution in [0.1, 0.15) is 49.8 Å². The molecule has 0 aromatic carbocycles. The molecule has 5 nitrogen and oxygen atoms in total. The molecule has 0 radical (unpaired) electrons. The zero-order valence-corrected chi connectivity index (χ0v) is 17.1. The van der Waals surface area contributed by atoms with Crippen molar-refractivity contribution in [3.05, 3.63) is 44.4 Å². The third-order valence-electron chi connectivity index (χ3n) is 4.47. The van der Waals surface area contributed by atoms with Crippen LogP contribution >= 0.6 is 11.3 Å². The molecule has 140 valence electrons. The van der Waals surface area contributed by atoms with Gasteiger partial charge in [-0.25, -0.2) is 0 Å². The summed E-state index contributed by atoms with van der Waals surface area (Å²) in [6.45, 7) is 8.21. The summed E-state index contributed by atoms with van der Waals surface area (Å²) in [7, 11) is 3.37. The van der Waals surface area contributed by atoms with Gasteiger partial charge in [-0.3, -0.25) is 14.6 Å². The molecule has 0 spiro atoms. The molecule has 1 amide bonds. The minimum atomic E-state index is -0.0660. The van der Waals surface area contributed by atoms with E-state index in [1.165, 1.54) is 0 Å². The number of ether oxygens (including phenoxy) is 1. The maximum Gasteiger partial charge on any atom is 0.223 e. The number of rotatable bonds is 7. The van der Waals surface area contributed by atoms with Crippen LogP contribution in [0.25, 0.3) is 0 Å². The minimum absolute atomic E-state index is 0.0277. The molecule has 26 heavy (non-hydrogen) atoms. The monoisotopic (exact) mass is 374 g/mol. The van der Waals surface area contributed by atoms with Crippen LogP contribution < -0.4 is 4.74 Å². The third kappa shape index (κ3) is 4.49. The molecular weight excluding hydrogens is 348 g/mol. The molecule has 0 aliphatic carbocycles. The van der Waals surface area contributed by atoms with Gasteiger partial charge in [0.1, 0.15) is 5.75 Å². The topological polar surface area (TPSA) is 59.5 Å². The number of Topliss-reactive ketones (excluding diaryl/α,β-unsaturated/α-hetero) is 1. The Kier molecular flexibility index (Phi) is 6.53. The number of aromatic nitrogens is 1. The van der Waals surface area contributed by atoms with E-state index in [1.54, 1.807) is 36.6 Å². The number of aryl methyl sites for hydroxylation is 3. The Balaban J connectivity index is 1.98. The van der Waals surface area contributed by atoms with Crippen LogP contribution in [0.15, 0.2) is 12.3 Å². The lowest BCUT2D eigenvalue weighted by Crippen LogP contribution is -2.27. The van der Waals surface area contributed by atoms with E-state index in [1.807, 2.05) is 33.8 Å². The van der Waals surface area contributed by atoms with Crippen molar-refractivity contribution in [2.75, 3.05) is 14.2 Å². The second-order valence-corrected chi connectivity index (χ2v) is 8.01. The zero-order chi connectivity index (χ0) is 19.4. The summed E-state index contributed by atoms with van der Waals surface area (Å²) < 4.78 is 5.41. The normalized spacial score (nSPS) is 10.7. The van der Waals surface area contributed by atoms with Gasteiger partial charge >= 0.3 is 0 Å². The van der Waals surface area contributed by atoms with Crippen LogP contribution in [-0.2, 0) is 11.3 Å². The van der Waals surface area contributed by atoms with E-state index in [4.69, 9.17) is 4.74 Å².